The molecule has 2 aromatic heterocycles. The molecule has 4 aromatic rings. The number of likely N-dealkylation sites (tertiary alicyclic amines) is 1. The topological polar surface area (TPSA) is 123 Å². The van der Waals surface area contributed by atoms with Gasteiger partial charge in [-0.05, 0) is 75.5 Å². The second-order valence-electron chi connectivity index (χ2n) is 9.61. The summed E-state index contributed by atoms with van der Waals surface area (Å²) < 4.78 is 21.1. The summed E-state index contributed by atoms with van der Waals surface area (Å²) in [6.45, 7) is 6.03. The summed E-state index contributed by atoms with van der Waals surface area (Å²) in [6.07, 6.45) is 1.49. The predicted molar refractivity (Wildman–Crippen MR) is 145 cm³/mol. The van der Waals surface area contributed by atoms with Crippen LogP contribution in [0.5, 0.6) is 5.75 Å². The number of aryl methyl sites for hydroxylation is 1. The van der Waals surface area contributed by atoms with Gasteiger partial charge in [-0.15, -0.1) is 11.3 Å². The van der Waals surface area contributed by atoms with E-state index in [1.807, 2.05) is 37.3 Å². The number of nitrogens with one attached hydrogen (secondary N) is 1. The van der Waals surface area contributed by atoms with Crippen LogP contribution in [0.4, 0.5) is 4.39 Å². The van der Waals surface area contributed by atoms with E-state index >= 15 is 0 Å². The van der Waals surface area contributed by atoms with Crippen molar-refractivity contribution in [1.29, 1.82) is 0 Å². The van der Waals surface area contributed by atoms with E-state index in [4.69, 9.17) is 24.5 Å². The Bertz CT molecular complexity index is 1420. The number of hydrogen-bond acceptors (Lipinski definition) is 6. The van der Waals surface area contributed by atoms with Crippen molar-refractivity contribution in [2.24, 2.45) is 0 Å². The number of rotatable bonds is 6. The molecule has 0 bridgehead atoms. The van der Waals surface area contributed by atoms with E-state index in [2.05, 4.69) is 22.9 Å². The number of carbonyl (C=O) groups is 2. The molecule has 1 aliphatic heterocycles. The minimum absolute atomic E-state index is 0.135. The maximum Gasteiger partial charge on any atom is 0.414 e. The van der Waals surface area contributed by atoms with Crippen molar-refractivity contribution in [3.63, 3.8) is 0 Å². The van der Waals surface area contributed by atoms with Crippen molar-refractivity contribution in [3.8, 4) is 5.75 Å². The average molecular weight is 543 g/mol. The molecular formula is C28H31FN2O6S. The smallest absolute Gasteiger partial charge is 0.414 e. The van der Waals surface area contributed by atoms with Crippen LogP contribution in [0.3, 0.4) is 0 Å². The van der Waals surface area contributed by atoms with Gasteiger partial charge < -0.3 is 25.0 Å². The van der Waals surface area contributed by atoms with E-state index in [-0.39, 0.29) is 12.4 Å². The minimum atomic E-state index is -1.82. The fourth-order valence-corrected chi connectivity index (χ4v) is 6.12. The average Bonchev–Trinajstić information content (AvgIpc) is 3.48. The third kappa shape index (κ3) is 6.50. The van der Waals surface area contributed by atoms with Gasteiger partial charge in [-0.1, -0.05) is 12.1 Å². The molecule has 0 amide bonds. The number of β-amino-alcohol motifs (C(OH)–C–C–N with tert-alkyl or cyclic N) is 1. The van der Waals surface area contributed by atoms with E-state index in [9.17, 15) is 9.50 Å². The van der Waals surface area contributed by atoms with Crippen LogP contribution >= 0.6 is 11.3 Å². The van der Waals surface area contributed by atoms with E-state index in [1.165, 1.54) is 10.9 Å². The Morgan fingerprint density at radius 1 is 1.16 bits per heavy atom. The number of carboxylic acid groups (broad SMARTS) is 2. The highest BCUT2D eigenvalue weighted by Crippen LogP contribution is 2.39. The lowest BCUT2D eigenvalue weighted by Gasteiger charge is -2.38. The molecule has 10 heteroatoms. The fourth-order valence-electron chi connectivity index (χ4n) is 4.90. The first kappa shape index (κ1) is 27.6. The van der Waals surface area contributed by atoms with Crippen LogP contribution in [-0.4, -0.2) is 69.0 Å². The molecule has 0 aliphatic carbocycles. The van der Waals surface area contributed by atoms with Crippen LogP contribution in [0, 0.1) is 12.7 Å². The lowest BCUT2D eigenvalue weighted by atomic mass is 9.90. The SMILES string of the molecule is Cc1cc2c(OC[C@@H](O)CN3CC[C@H](c4cc5c(F)cccc5s4)C[C@@H]3C)cccc2[nH]1.O=C(O)C(=O)O. The summed E-state index contributed by atoms with van der Waals surface area (Å²) in [5.74, 6) is -2.54. The Morgan fingerprint density at radius 2 is 1.89 bits per heavy atom. The number of benzene rings is 2. The minimum Gasteiger partial charge on any atom is -0.490 e. The van der Waals surface area contributed by atoms with Gasteiger partial charge >= 0.3 is 11.9 Å². The molecule has 0 unspecified atom stereocenters. The number of ether oxygens (including phenoxy) is 1. The zero-order valence-corrected chi connectivity index (χ0v) is 22.0. The predicted octanol–water partition coefficient (Wildman–Crippen LogP) is 4.99. The van der Waals surface area contributed by atoms with Gasteiger partial charge in [-0.2, -0.15) is 0 Å². The number of H-pyrrole nitrogens is 1. The van der Waals surface area contributed by atoms with Gasteiger partial charge in [0.25, 0.3) is 0 Å². The number of aromatic amines is 1. The molecule has 1 saturated heterocycles. The van der Waals surface area contributed by atoms with Crippen molar-refractivity contribution in [1.82, 2.24) is 9.88 Å². The van der Waals surface area contributed by atoms with Gasteiger partial charge in [0, 0.05) is 44.1 Å². The van der Waals surface area contributed by atoms with Crippen molar-refractivity contribution >= 4 is 44.3 Å². The number of aliphatic hydroxyl groups is 1. The van der Waals surface area contributed by atoms with E-state index in [0.29, 0.717) is 18.5 Å². The van der Waals surface area contributed by atoms with Crippen LogP contribution in [0.25, 0.3) is 21.0 Å². The largest absolute Gasteiger partial charge is 0.490 e. The molecular weight excluding hydrogens is 511 g/mol. The maximum absolute atomic E-state index is 14.1. The Labute approximate surface area is 223 Å². The summed E-state index contributed by atoms with van der Waals surface area (Å²) in [4.78, 5) is 25.1. The number of halogens is 1. The standard InChI is InChI=1S/C26H29FN2O2S.C2H2O4/c1-16-11-21-23(28-16)6-4-7-24(21)31-15-19(30)14-29-10-9-18(12-17(29)2)26-13-20-22(27)5-3-8-25(20)32-26;3-1(4)2(5)6/h3-8,11,13,17-19,28,30H,9-10,12,14-15H2,1-2H3;(H,3,4)(H,5,6)/t17-,18-,19-;/m0./s1. The lowest BCUT2D eigenvalue weighted by molar-refractivity contribution is -0.159. The molecule has 1 fully saturated rings. The lowest BCUT2D eigenvalue weighted by Crippen LogP contribution is -2.45. The Balaban J connectivity index is 0.000000505. The van der Waals surface area contributed by atoms with Crippen molar-refractivity contribution in [2.45, 2.75) is 44.8 Å². The Hall–Kier alpha value is -3.47. The van der Waals surface area contributed by atoms with Crippen LogP contribution in [0.2, 0.25) is 0 Å². The molecule has 8 nitrogen and oxygen atoms in total. The highest BCUT2D eigenvalue weighted by molar-refractivity contribution is 7.19. The number of piperidine rings is 1. The van der Waals surface area contributed by atoms with Crippen LogP contribution in [0.15, 0.2) is 48.5 Å². The van der Waals surface area contributed by atoms with Crippen molar-refractivity contribution in [3.05, 3.63) is 64.9 Å². The van der Waals surface area contributed by atoms with E-state index in [0.717, 1.165) is 51.8 Å². The summed E-state index contributed by atoms with van der Waals surface area (Å²) >= 11 is 1.71. The zero-order valence-electron chi connectivity index (χ0n) is 21.2. The van der Waals surface area contributed by atoms with Crippen molar-refractivity contribution < 1.29 is 34.0 Å². The van der Waals surface area contributed by atoms with Crippen LogP contribution in [0.1, 0.15) is 36.3 Å². The molecule has 0 spiro atoms. The van der Waals surface area contributed by atoms with Gasteiger partial charge in [0.2, 0.25) is 0 Å². The summed E-state index contributed by atoms with van der Waals surface area (Å²) in [5, 5.41) is 27.2. The number of aliphatic carboxylic acids is 2. The summed E-state index contributed by atoms with van der Waals surface area (Å²) in [7, 11) is 0. The number of aliphatic hydroxyl groups excluding tert-OH is 1. The third-order valence-electron chi connectivity index (χ3n) is 6.76. The molecule has 202 valence electrons. The number of fused-ring (bicyclic) bond motifs is 2. The maximum atomic E-state index is 14.1. The second kappa shape index (κ2) is 11.9. The van der Waals surface area contributed by atoms with Gasteiger partial charge in [0.05, 0.1) is 0 Å². The molecule has 4 N–H and O–H groups in total. The highest BCUT2D eigenvalue weighted by atomic mass is 32.1. The first-order valence-electron chi connectivity index (χ1n) is 12.4. The quantitative estimate of drug-likeness (QED) is 0.253. The Kier molecular flexibility index (Phi) is 8.65. The molecule has 3 heterocycles. The second-order valence-corrected chi connectivity index (χ2v) is 10.7. The molecule has 2 aromatic carbocycles. The van der Waals surface area contributed by atoms with Crippen LogP contribution in [-0.2, 0) is 9.59 Å². The normalized spacial score (nSPS) is 18.6. The zero-order chi connectivity index (χ0) is 27.4. The number of carboxylic acids is 2. The molecule has 1 aliphatic rings. The Morgan fingerprint density at radius 3 is 2.58 bits per heavy atom. The number of hydrogen-bond donors (Lipinski definition) is 4. The molecule has 5 rings (SSSR count). The van der Waals surface area contributed by atoms with E-state index < -0.39 is 18.0 Å². The number of thiophene rings is 1. The number of aromatic nitrogens is 1. The van der Waals surface area contributed by atoms with Crippen LogP contribution < -0.4 is 4.74 Å². The first-order valence-corrected chi connectivity index (χ1v) is 13.2. The monoisotopic (exact) mass is 542 g/mol. The molecule has 3 atom stereocenters. The number of nitrogens with zero attached hydrogens (tertiary/aromatic N) is 1. The van der Waals surface area contributed by atoms with Gasteiger partial charge in [0.1, 0.15) is 24.3 Å². The summed E-state index contributed by atoms with van der Waals surface area (Å²) in [5.41, 5.74) is 2.14. The molecule has 0 saturated carbocycles. The molecule has 0 radical (unpaired) electrons. The first-order chi connectivity index (χ1) is 18.1. The van der Waals surface area contributed by atoms with Crippen molar-refractivity contribution in [2.75, 3.05) is 19.7 Å². The van der Waals surface area contributed by atoms with Gasteiger partial charge in [0.15, 0.2) is 0 Å². The summed E-state index contributed by atoms with van der Waals surface area (Å²) in [6, 6.07) is 15.7. The van der Waals surface area contributed by atoms with Gasteiger partial charge in [-0.3, -0.25) is 4.90 Å². The third-order valence-corrected chi connectivity index (χ3v) is 8.02. The van der Waals surface area contributed by atoms with Gasteiger partial charge in [-0.25, -0.2) is 14.0 Å². The fraction of sp³-hybridized carbons (Fsp3) is 0.357. The van der Waals surface area contributed by atoms with E-state index in [1.54, 1.807) is 17.4 Å². The molecule has 38 heavy (non-hydrogen) atoms. The highest BCUT2D eigenvalue weighted by Gasteiger charge is 2.29.